The van der Waals surface area contributed by atoms with E-state index in [1.807, 2.05) is 48.5 Å². The van der Waals surface area contributed by atoms with Gasteiger partial charge in [0.15, 0.2) is 5.82 Å². The maximum atomic E-state index is 13.0. The van der Waals surface area contributed by atoms with Gasteiger partial charge in [0.2, 0.25) is 5.91 Å². The number of para-hydroxylation sites is 1. The molecule has 0 aliphatic heterocycles. The number of ether oxygens (including phenoxy) is 1. The number of carbonyl (C=O) groups is 1. The Morgan fingerprint density at radius 3 is 2.52 bits per heavy atom. The van der Waals surface area contributed by atoms with Gasteiger partial charge in [0.1, 0.15) is 11.7 Å². The first-order chi connectivity index (χ1) is 13.1. The fraction of sp³-hybridized carbons (Fsp3) is 0.300. The topological polar surface area (TPSA) is 92.8 Å². The van der Waals surface area contributed by atoms with Gasteiger partial charge in [0.25, 0.3) is 0 Å². The summed E-state index contributed by atoms with van der Waals surface area (Å²) in [6.07, 6.45) is 0.402. The van der Waals surface area contributed by atoms with E-state index < -0.39 is 5.92 Å². The van der Waals surface area contributed by atoms with Gasteiger partial charge in [-0.2, -0.15) is 5.21 Å². The summed E-state index contributed by atoms with van der Waals surface area (Å²) in [7, 11) is 1.61. The second kappa shape index (κ2) is 8.44. The third-order valence-electron chi connectivity index (χ3n) is 4.45. The molecule has 1 atom stereocenters. The number of anilines is 1. The van der Waals surface area contributed by atoms with Crippen LogP contribution in [0.4, 0.5) is 5.69 Å². The van der Waals surface area contributed by atoms with E-state index in [4.69, 9.17) is 4.74 Å². The molecule has 1 aromatic heterocycles. The Bertz CT molecular complexity index is 876. The third-order valence-corrected chi connectivity index (χ3v) is 4.45. The predicted molar refractivity (Wildman–Crippen MR) is 103 cm³/mol. The largest absolute Gasteiger partial charge is 0.496 e. The molecule has 0 fully saturated rings. The summed E-state index contributed by atoms with van der Waals surface area (Å²) in [5.41, 5.74) is 2.86. The number of nitrogens with zero attached hydrogens (tertiary/aromatic N) is 3. The number of rotatable bonds is 7. The van der Waals surface area contributed by atoms with Crippen LogP contribution < -0.4 is 10.1 Å². The highest BCUT2D eigenvalue weighted by molar-refractivity contribution is 5.95. The zero-order valence-corrected chi connectivity index (χ0v) is 15.6. The fourth-order valence-electron chi connectivity index (χ4n) is 2.89. The molecule has 1 amide bonds. The average molecular weight is 365 g/mol. The van der Waals surface area contributed by atoms with Gasteiger partial charge in [0, 0.05) is 5.69 Å². The van der Waals surface area contributed by atoms with Crippen molar-refractivity contribution in [3.63, 3.8) is 0 Å². The Balaban J connectivity index is 1.81. The van der Waals surface area contributed by atoms with Gasteiger partial charge in [-0.3, -0.25) is 4.79 Å². The summed E-state index contributed by atoms with van der Waals surface area (Å²) in [6, 6.07) is 15.4. The van der Waals surface area contributed by atoms with Crippen LogP contribution in [0, 0.1) is 0 Å². The zero-order valence-electron chi connectivity index (χ0n) is 15.6. The van der Waals surface area contributed by atoms with Gasteiger partial charge < -0.3 is 10.1 Å². The van der Waals surface area contributed by atoms with Crippen LogP contribution in [0.1, 0.15) is 42.6 Å². The predicted octanol–water partition coefficient (Wildman–Crippen LogP) is 3.30. The van der Waals surface area contributed by atoms with Gasteiger partial charge in [-0.05, 0) is 41.7 Å². The monoisotopic (exact) mass is 365 g/mol. The van der Waals surface area contributed by atoms with Crippen molar-refractivity contribution in [2.24, 2.45) is 0 Å². The number of aromatic nitrogens is 4. The molecule has 0 saturated carbocycles. The molecule has 0 spiro atoms. The maximum absolute atomic E-state index is 13.0. The number of aromatic amines is 1. The fourth-order valence-corrected chi connectivity index (χ4v) is 2.89. The highest BCUT2D eigenvalue weighted by Gasteiger charge is 2.26. The van der Waals surface area contributed by atoms with Crippen molar-refractivity contribution in [1.29, 1.82) is 0 Å². The molecule has 3 aromatic rings. The van der Waals surface area contributed by atoms with Crippen LogP contribution in [0.15, 0.2) is 48.5 Å². The molecule has 3 rings (SSSR count). The molecule has 27 heavy (non-hydrogen) atoms. The Kier molecular flexibility index (Phi) is 5.80. The second-order valence-corrected chi connectivity index (χ2v) is 6.60. The van der Waals surface area contributed by atoms with Crippen molar-refractivity contribution >= 4 is 11.6 Å². The van der Waals surface area contributed by atoms with Crippen molar-refractivity contribution in [3.8, 4) is 5.75 Å². The van der Waals surface area contributed by atoms with E-state index in [1.54, 1.807) is 7.11 Å². The quantitative estimate of drug-likeness (QED) is 0.670. The number of hydrogen-bond donors (Lipinski definition) is 2. The third kappa shape index (κ3) is 4.49. The molecule has 0 bridgehead atoms. The van der Waals surface area contributed by atoms with Crippen molar-refractivity contribution < 1.29 is 9.53 Å². The lowest BCUT2D eigenvalue weighted by Crippen LogP contribution is -2.24. The first kappa shape index (κ1) is 18.6. The van der Waals surface area contributed by atoms with Crippen LogP contribution in [0.3, 0.4) is 0 Å². The number of amides is 1. The van der Waals surface area contributed by atoms with Crippen LogP contribution >= 0.6 is 0 Å². The van der Waals surface area contributed by atoms with Gasteiger partial charge in [-0.25, -0.2) is 0 Å². The number of carbonyl (C=O) groups excluding carboxylic acids is 1. The molecule has 140 valence electrons. The van der Waals surface area contributed by atoms with Crippen molar-refractivity contribution in [1.82, 2.24) is 20.6 Å². The first-order valence-corrected chi connectivity index (χ1v) is 8.84. The standard InChI is InChI=1S/C20H23N5O2/c1-13(2)14-8-10-16(11-9-14)21-20(26)17(19-22-24-25-23-19)12-15-6-4-5-7-18(15)27-3/h4-11,13,17H,12H2,1-3H3,(H,21,26)(H,22,23,24,25). The van der Waals surface area contributed by atoms with E-state index in [1.165, 1.54) is 5.56 Å². The van der Waals surface area contributed by atoms with E-state index in [-0.39, 0.29) is 5.91 Å². The maximum Gasteiger partial charge on any atom is 0.235 e. The van der Waals surface area contributed by atoms with Crippen LogP contribution in [0.2, 0.25) is 0 Å². The highest BCUT2D eigenvalue weighted by Crippen LogP contribution is 2.26. The molecule has 2 N–H and O–H groups in total. The van der Waals surface area contributed by atoms with Gasteiger partial charge in [-0.1, -0.05) is 49.4 Å². The van der Waals surface area contributed by atoms with Crippen molar-refractivity contribution in [2.45, 2.75) is 32.1 Å². The van der Waals surface area contributed by atoms with E-state index in [2.05, 4.69) is 39.8 Å². The molecular formula is C20H23N5O2. The Hall–Kier alpha value is -3.22. The number of methoxy groups -OCH3 is 1. The Labute approximate surface area is 158 Å². The molecular weight excluding hydrogens is 342 g/mol. The lowest BCUT2D eigenvalue weighted by Gasteiger charge is -2.16. The van der Waals surface area contributed by atoms with E-state index in [0.29, 0.717) is 18.2 Å². The molecule has 0 aliphatic rings. The molecule has 1 unspecified atom stereocenters. The van der Waals surface area contributed by atoms with E-state index >= 15 is 0 Å². The Morgan fingerprint density at radius 2 is 1.89 bits per heavy atom. The van der Waals surface area contributed by atoms with Crippen LogP contribution in [0.25, 0.3) is 0 Å². The van der Waals surface area contributed by atoms with Crippen LogP contribution in [-0.4, -0.2) is 33.6 Å². The second-order valence-electron chi connectivity index (χ2n) is 6.60. The summed E-state index contributed by atoms with van der Waals surface area (Å²) in [5, 5.41) is 17.0. The normalized spacial score (nSPS) is 12.0. The van der Waals surface area contributed by atoms with Crippen molar-refractivity contribution in [2.75, 3.05) is 12.4 Å². The molecule has 1 heterocycles. The number of tetrazole rings is 1. The molecule has 7 nitrogen and oxygen atoms in total. The molecule has 2 aromatic carbocycles. The van der Waals surface area contributed by atoms with E-state index in [9.17, 15) is 4.79 Å². The highest BCUT2D eigenvalue weighted by atomic mass is 16.5. The summed E-state index contributed by atoms with van der Waals surface area (Å²) >= 11 is 0. The van der Waals surface area contributed by atoms with E-state index in [0.717, 1.165) is 17.0 Å². The summed E-state index contributed by atoms with van der Waals surface area (Å²) in [5.74, 6) is 0.717. The SMILES string of the molecule is COc1ccccc1CC(C(=O)Nc1ccc(C(C)C)cc1)c1nn[nH]n1. The minimum Gasteiger partial charge on any atom is -0.496 e. The van der Waals surface area contributed by atoms with Gasteiger partial charge in [0.05, 0.1) is 7.11 Å². The summed E-state index contributed by atoms with van der Waals surface area (Å²) in [4.78, 5) is 13.0. The number of H-pyrrole nitrogens is 1. The minimum atomic E-state index is -0.593. The average Bonchev–Trinajstić information content (AvgIpc) is 3.21. The van der Waals surface area contributed by atoms with Gasteiger partial charge >= 0.3 is 0 Å². The zero-order chi connectivity index (χ0) is 19.2. The molecule has 0 radical (unpaired) electrons. The molecule has 0 saturated heterocycles. The van der Waals surface area contributed by atoms with Crippen molar-refractivity contribution in [3.05, 3.63) is 65.5 Å². The smallest absolute Gasteiger partial charge is 0.235 e. The number of benzene rings is 2. The van der Waals surface area contributed by atoms with Crippen LogP contribution in [0.5, 0.6) is 5.75 Å². The number of nitrogens with one attached hydrogen (secondary N) is 2. The molecule has 7 heteroatoms. The number of hydrogen-bond acceptors (Lipinski definition) is 5. The van der Waals surface area contributed by atoms with Crippen LogP contribution in [-0.2, 0) is 11.2 Å². The lowest BCUT2D eigenvalue weighted by atomic mass is 9.96. The first-order valence-electron chi connectivity index (χ1n) is 8.84. The lowest BCUT2D eigenvalue weighted by molar-refractivity contribution is -0.117. The summed E-state index contributed by atoms with van der Waals surface area (Å²) in [6.45, 7) is 4.26. The minimum absolute atomic E-state index is 0.195. The van der Waals surface area contributed by atoms with Gasteiger partial charge in [-0.15, -0.1) is 10.2 Å². The molecule has 0 aliphatic carbocycles. The summed E-state index contributed by atoms with van der Waals surface area (Å²) < 4.78 is 5.40. The Morgan fingerprint density at radius 1 is 1.15 bits per heavy atom.